The predicted molar refractivity (Wildman–Crippen MR) is 57.7 cm³/mol. The molecule has 17 heavy (non-hydrogen) atoms. The molecule has 0 aromatic carbocycles. The number of aromatic nitrogens is 2. The van der Waals surface area contributed by atoms with Crippen molar-refractivity contribution in [1.29, 1.82) is 0 Å². The van der Waals surface area contributed by atoms with Crippen LogP contribution >= 0.6 is 0 Å². The molecule has 0 bridgehead atoms. The van der Waals surface area contributed by atoms with Crippen LogP contribution in [0.5, 0.6) is 0 Å². The van der Waals surface area contributed by atoms with E-state index in [9.17, 15) is 8.78 Å². The molecule has 1 aromatic heterocycles. The first-order valence-electron chi connectivity index (χ1n) is 5.79. The van der Waals surface area contributed by atoms with E-state index >= 15 is 0 Å². The monoisotopic (exact) mass is 245 g/mol. The maximum absolute atomic E-state index is 13.3. The van der Waals surface area contributed by atoms with Crippen molar-refractivity contribution < 1.29 is 13.3 Å². The van der Waals surface area contributed by atoms with Gasteiger partial charge in [0.1, 0.15) is 0 Å². The highest BCUT2D eigenvalue weighted by atomic mass is 19.3. The van der Waals surface area contributed by atoms with Gasteiger partial charge in [0.25, 0.3) is 0 Å². The van der Waals surface area contributed by atoms with Crippen LogP contribution in [0.25, 0.3) is 0 Å². The molecule has 1 aromatic rings. The summed E-state index contributed by atoms with van der Waals surface area (Å²) in [5, 5.41) is 3.77. The standard InChI is InChI=1S/C11H17F2N3O/c1-10(2,14)9-15-8(16-17-9)7-4-3-5-11(12,13)6-7/h7H,3-6,14H2,1-2H3. The summed E-state index contributed by atoms with van der Waals surface area (Å²) >= 11 is 0. The van der Waals surface area contributed by atoms with Crippen LogP contribution < -0.4 is 5.73 Å². The van der Waals surface area contributed by atoms with Crippen LogP contribution in [0.15, 0.2) is 4.52 Å². The van der Waals surface area contributed by atoms with Gasteiger partial charge in [-0.15, -0.1) is 0 Å². The van der Waals surface area contributed by atoms with E-state index in [0.29, 0.717) is 24.6 Å². The number of alkyl halides is 2. The first-order chi connectivity index (χ1) is 7.78. The van der Waals surface area contributed by atoms with Crippen LogP contribution in [0, 0.1) is 0 Å². The molecule has 1 atom stereocenters. The fourth-order valence-corrected chi connectivity index (χ4v) is 2.05. The number of nitrogens with two attached hydrogens (primary N) is 1. The van der Waals surface area contributed by atoms with Crippen molar-refractivity contribution in [3.8, 4) is 0 Å². The average molecular weight is 245 g/mol. The van der Waals surface area contributed by atoms with E-state index in [1.807, 2.05) is 0 Å². The van der Waals surface area contributed by atoms with Gasteiger partial charge in [-0.05, 0) is 26.7 Å². The number of nitrogens with zero attached hydrogens (tertiary/aromatic N) is 2. The molecule has 2 N–H and O–H groups in total. The lowest BCUT2D eigenvalue weighted by Crippen LogP contribution is -2.29. The van der Waals surface area contributed by atoms with Crippen molar-refractivity contribution in [2.75, 3.05) is 0 Å². The van der Waals surface area contributed by atoms with E-state index in [-0.39, 0.29) is 18.8 Å². The third-order valence-corrected chi connectivity index (χ3v) is 3.00. The zero-order valence-electron chi connectivity index (χ0n) is 10.0. The van der Waals surface area contributed by atoms with Crippen LogP contribution in [0.1, 0.15) is 57.2 Å². The average Bonchev–Trinajstić information content (AvgIpc) is 2.63. The zero-order chi connectivity index (χ0) is 12.7. The quantitative estimate of drug-likeness (QED) is 0.869. The van der Waals surface area contributed by atoms with Gasteiger partial charge in [0.2, 0.25) is 11.8 Å². The van der Waals surface area contributed by atoms with E-state index < -0.39 is 11.5 Å². The minimum absolute atomic E-state index is 0.0450. The molecule has 1 aliphatic carbocycles. The van der Waals surface area contributed by atoms with Gasteiger partial charge in [0.15, 0.2) is 5.82 Å². The van der Waals surface area contributed by atoms with Gasteiger partial charge in [0, 0.05) is 18.8 Å². The highest BCUT2D eigenvalue weighted by Crippen LogP contribution is 2.40. The van der Waals surface area contributed by atoms with E-state index in [1.165, 1.54) is 0 Å². The van der Waals surface area contributed by atoms with Gasteiger partial charge < -0.3 is 10.3 Å². The fourth-order valence-electron chi connectivity index (χ4n) is 2.05. The molecule has 0 spiro atoms. The van der Waals surface area contributed by atoms with Gasteiger partial charge >= 0.3 is 0 Å². The molecular weight excluding hydrogens is 228 g/mol. The Morgan fingerprint density at radius 1 is 1.47 bits per heavy atom. The third-order valence-electron chi connectivity index (χ3n) is 3.00. The fraction of sp³-hybridized carbons (Fsp3) is 0.818. The third kappa shape index (κ3) is 2.80. The highest BCUT2D eigenvalue weighted by molar-refractivity contribution is 5.03. The van der Waals surface area contributed by atoms with Crippen molar-refractivity contribution in [3.05, 3.63) is 11.7 Å². The molecule has 0 radical (unpaired) electrons. The number of halogens is 2. The van der Waals surface area contributed by atoms with Crippen LogP contribution in [0.3, 0.4) is 0 Å². The lowest BCUT2D eigenvalue weighted by atomic mass is 9.86. The van der Waals surface area contributed by atoms with Crippen LogP contribution in [-0.2, 0) is 5.54 Å². The molecule has 4 nitrogen and oxygen atoms in total. The normalized spacial score (nSPS) is 24.9. The predicted octanol–water partition coefficient (Wildman–Crippen LogP) is 2.56. The lowest BCUT2D eigenvalue weighted by molar-refractivity contribution is -0.0418. The molecule has 0 aliphatic heterocycles. The summed E-state index contributed by atoms with van der Waals surface area (Å²) in [5.41, 5.74) is 5.07. The van der Waals surface area contributed by atoms with Gasteiger partial charge in [-0.1, -0.05) is 5.16 Å². The number of hydrogen-bond donors (Lipinski definition) is 1. The number of hydrogen-bond acceptors (Lipinski definition) is 4. The van der Waals surface area contributed by atoms with Gasteiger partial charge in [-0.25, -0.2) is 8.78 Å². The largest absolute Gasteiger partial charge is 0.337 e. The molecule has 6 heteroatoms. The molecule has 0 saturated heterocycles. The summed E-state index contributed by atoms with van der Waals surface area (Å²) in [6, 6.07) is 0. The van der Waals surface area contributed by atoms with Crippen LogP contribution in [-0.4, -0.2) is 16.1 Å². The van der Waals surface area contributed by atoms with E-state index in [1.54, 1.807) is 13.8 Å². The summed E-state index contributed by atoms with van der Waals surface area (Å²) in [7, 11) is 0. The summed E-state index contributed by atoms with van der Waals surface area (Å²) in [6.07, 6.45) is 0.931. The molecule has 1 aliphatic rings. The topological polar surface area (TPSA) is 64.9 Å². The lowest BCUT2D eigenvalue weighted by Gasteiger charge is -2.26. The molecule has 1 unspecified atom stereocenters. The SMILES string of the molecule is CC(C)(N)c1nc(C2CCCC(F)(F)C2)no1. The Balaban J connectivity index is 2.15. The first kappa shape index (κ1) is 12.4. The number of rotatable bonds is 2. The molecule has 1 fully saturated rings. The highest BCUT2D eigenvalue weighted by Gasteiger charge is 2.39. The second kappa shape index (κ2) is 4.01. The zero-order valence-corrected chi connectivity index (χ0v) is 10.0. The summed E-state index contributed by atoms with van der Waals surface area (Å²) in [6.45, 7) is 3.47. The maximum atomic E-state index is 13.3. The summed E-state index contributed by atoms with van der Waals surface area (Å²) < 4.78 is 31.6. The van der Waals surface area contributed by atoms with E-state index in [4.69, 9.17) is 10.3 Å². The Morgan fingerprint density at radius 3 is 2.71 bits per heavy atom. The molecule has 2 rings (SSSR count). The van der Waals surface area contributed by atoms with E-state index in [0.717, 1.165) is 0 Å². The van der Waals surface area contributed by atoms with Gasteiger partial charge in [-0.2, -0.15) is 4.98 Å². The van der Waals surface area contributed by atoms with Gasteiger partial charge in [0.05, 0.1) is 5.54 Å². The van der Waals surface area contributed by atoms with Gasteiger partial charge in [-0.3, -0.25) is 0 Å². The minimum Gasteiger partial charge on any atom is -0.337 e. The Labute approximate surface area is 98.6 Å². The Bertz CT molecular complexity index is 398. The minimum atomic E-state index is -2.61. The summed E-state index contributed by atoms with van der Waals surface area (Å²) in [5.74, 6) is -2.28. The molecular formula is C11H17F2N3O. The van der Waals surface area contributed by atoms with Crippen LogP contribution in [0.4, 0.5) is 8.78 Å². The second-order valence-electron chi connectivity index (χ2n) is 5.33. The van der Waals surface area contributed by atoms with Crippen molar-refractivity contribution in [1.82, 2.24) is 10.1 Å². The van der Waals surface area contributed by atoms with Crippen LogP contribution in [0.2, 0.25) is 0 Å². The van der Waals surface area contributed by atoms with E-state index in [2.05, 4.69) is 10.1 Å². The second-order valence-corrected chi connectivity index (χ2v) is 5.33. The molecule has 1 saturated carbocycles. The molecule has 96 valence electrons. The van der Waals surface area contributed by atoms with Crippen molar-refractivity contribution in [3.63, 3.8) is 0 Å². The van der Waals surface area contributed by atoms with Crippen molar-refractivity contribution in [2.24, 2.45) is 5.73 Å². The smallest absolute Gasteiger partial charge is 0.248 e. The molecule has 0 amide bonds. The van der Waals surface area contributed by atoms with Crippen molar-refractivity contribution in [2.45, 2.75) is 56.9 Å². The summed E-state index contributed by atoms with van der Waals surface area (Å²) in [4.78, 5) is 4.13. The van der Waals surface area contributed by atoms with Crippen molar-refractivity contribution >= 4 is 0 Å². The first-order valence-corrected chi connectivity index (χ1v) is 5.79. The Hall–Kier alpha value is -1.04. The maximum Gasteiger partial charge on any atom is 0.248 e. The Kier molecular flexibility index (Phi) is 2.93. The molecule has 1 heterocycles. The Morgan fingerprint density at radius 2 is 2.18 bits per heavy atom.